The molecule has 2 aromatic rings. The fourth-order valence-corrected chi connectivity index (χ4v) is 3.50. The number of rotatable bonds is 6. The summed E-state index contributed by atoms with van der Waals surface area (Å²) in [4.78, 5) is 14.9. The number of hydrogen-bond acceptors (Lipinski definition) is 5. The molecule has 3 rings (SSSR count). The number of carbonyl (C=O) groups is 1. The summed E-state index contributed by atoms with van der Waals surface area (Å²) >= 11 is 6.13. The summed E-state index contributed by atoms with van der Waals surface area (Å²) in [7, 11) is 5.25. The van der Waals surface area contributed by atoms with E-state index in [0.29, 0.717) is 11.6 Å². The van der Waals surface area contributed by atoms with Gasteiger partial charge in [0.1, 0.15) is 11.8 Å². The van der Waals surface area contributed by atoms with Gasteiger partial charge in [0.15, 0.2) is 0 Å². The second-order valence-electron chi connectivity index (χ2n) is 6.43. The topological polar surface area (TPSA) is 71.4 Å². The van der Waals surface area contributed by atoms with Crippen molar-refractivity contribution in [1.29, 1.82) is 0 Å². The molecule has 1 aliphatic heterocycles. The van der Waals surface area contributed by atoms with Crippen LogP contribution in [0.3, 0.4) is 0 Å². The Morgan fingerprint density at radius 3 is 2.75 bits per heavy atom. The molecule has 0 bridgehead atoms. The number of aromatic nitrogens is 2. The molecule has 1 aromatic heterocycles. The Bertz CT molecular complexity index is 786. The lowest BCUT2D eigenvalue weighted by molar-refractivity contribution is -0.123. The van der Waals surface area contributed by atoms with Crippen LogP contribution in [0, 0.1) is 0 Å². The van der Waals surface area contributed by atoms with Crippen molar-refractivity contribution < 1.29 is 9.53 Å². The highest BCUT2D eigenvalue weighted by atomic mass is 35.5. The first-order valence-electron chi connectivity index (χ1n) is 8.56. The van der Waals surface area contributed by atoms with E-state index in [1.807, 2.05) is 31.4 Å². The van der Waals surface area contributed by atoms with E-state index in [0.717, 1.165) is 30.0 Å². The van der Waals surface area contributed by atoms with E-state index in [1.165, 1.54) is 0 Å². The maximum absolute atomic E-state index is 12.7. The lowest BCUT2D eigenvalue weighted by Crippen LogP contribution is -2.43. The largest absolute Gasteiger partial charge is 0.495 e. The molecule has 0 saturated carbocycles. The minimum absolute atomic E-state index is 0. The summed E-state index contributed by atoms with van der Waals surface area (Å²) in [5, 5.41) is 11.0. The quantitative estimate of drug-likeness (QED) is 0.708. The van der Waals surface area contributed by atoms with Crippen LogP contribution in [0.1, 0.15) is 18.0 Å². The number of anilines is 1. The van der Waals surface area contributed by atoms with E-state index < -0.39 is 6.04 Å². The summed E-state index contributed by atoms with van der Waals surface area (Å²) in [6, 6.07) is 5.22. The van der Waals surface area contributed by atoms with Crippen molar-refractivity contribution in [2.75, 3.05) is 32.1 Å². The first-order chi connectivity index (χ1) is 12.5. The third-order valence-electron chi connectivity index (χ3n) is 4.63. The lowest BCUT2D eigenvalue weighted by atomic mass is 10.1. The summed E-state index contributed by atoms with van der Waals surface area (Å²) in [6.07, 6.45) is 4.42. The number of ether oxygens (including phenoxy) is 1. The molecule has 1 aromatic carbocycles. The minimum Gasteiger partial charge on any atom is -0.495 e. The SMILES string of the molecule is CNC(C(=O)NC1CCN(c2cc(Cl)ccc2OC)C1)c1cnn(C)c1.Cl.Cl. The molecule has 156 valence electrons. The standard InChI is InChI=1S/C18H24ClN5O2.2ClH/c1-20-17(12-9-21-23(2)10-12)18(25)22-14-6-7-24(11-14)15-8-13(19)4-5-16(15)26-3;;/h4-5,8-10,14,17,20H,6-7,11H2,1-3H3,(H,22,25);2*1H. The van der Waals surface area contributed by atoms with Crippen molar-refractivity contribution in [3.63, 3.8) is 0 Å². The molecule has 28 heavy (non-hydrogen) atoms. The summed E-state index contributed by atoms with van der Waals surface area (Å²) in [6.45, 7) is 1.55. The van der Waals surface area contributed by atoms with Crippen LogP contribution < -0.4 is 20.3 Å². The summed E-state index contributed by atoms with van der Waals surface area (Å²) in [5.74, 6) is 0.732. The Labute approximate surface area is 182 Å². The molecule has 2 heterocycles. The van der Waals surface area contributed by atoms with Gasteiger partial charge >= 0.3 is 0 Å². The molecule has 1 fully saturated rings. The van der Waals surface area contributed by atoms with E-state index in [-0.39, 0.29) is 36.8 Å². The van der Waals surface area contributed by atoms with Gasteiger partial charge in [-0.2, -0.15) is 5.10 Å². The van der Waals surface area contributed by atoms with Gasteiger partial charge in [-0.3, -0.25) is 9.48 Å². The molecular weight excluding hydrogens is 425 g/mol. The molecule has 1 saturated heterocycles. The zero-order valence-electron chi connectivity index (χ0n) is 16.0. The fraction of sp³-hybridized carbons (Fsp3) is 0.444. The lowest BCUT2D eigenvalue weighted by Gasteiger charge is -2.22. The fourth-order valence-electron chi connectivity index (χ4n) is 3.33. The number of amides is 1. The molecule has 10 heteroatoms. The van der Waals surface area contributed by atoms with E-state index in [4.69, 9.17) is 16.3 Å². The highest BCUT2D eigenvalue weighted by Gasteiger charge is 2.29. The number of aryl methyl sites for hydroxylation is 1. The highest BCUT2D eigenvalue weighted by molar-refractivity contribution is 6.30. The van der Waals surface area contributed by atoms with Crippen molar-refractivity contribution in [3.05, 3.63) is 41.2 Å². The second kappa shape index (κ2) is 10.8. The third kappa shape index (κ3) is 5.44. The van der Waals surface area contributed by atoms with Crippen LogP contribution >= 0.6 is 36.4 Å². The van der Waals surface area contributed by atoms with Crippen molar-refractivity contribution in [1.82, 2.24) is 20.4 Å². The molecule has 7 nitrogen and oxygen atoms in total. The zero-order valence-corrected chi connectivity index (χ0v) is 18.4. The molecule has 2 N–H and O–H groups in total. The number of halogens is 3. The Morgan fingerprint density at radius 1 is 1.39 bits per heavy atom. The third-order valence-corrected chi connectivity index (χ3v) is 4.86. The number of benzene rings is 1. The van der Waals surface area contributed by atoms with Crippen LogP contribution in [0.25, 0.3) is 0 Å². The smallest absolute Gasteiger partial charge is 0.242 e. The summed E-state index contributed by atoms with van der Waals surface area (Å²) < 4.78 is 7.13. The van der Waals surface area contributed by atoms with Gasteiger partial charge in [-0.05, 0) is 31.7 Å². The zero-order chi connectivity index (χ0) is 18.7. The number of methoxy groups -OCH3 is 1. The van der Waals surface area contributed by atoms with Gasteiger partial charge in [0, 0.05) is 43.0 Å². The van der Waals surface area contributed by atoms with Crippen LogP contribution in [0.2, 0.25) is 5.02 Å². The van der Waals surface area contributed by atoms with Crippen LogP contribution in [0.5, 0.6) is 5.75 Å². The van der Waals surface area contributed by atoms with Gasteiger partial charge in [0.2, 0.25) is 5.91 Å². The number of carbonyl (C=O) groups excluding carboxylic acids is 1. The predicted molar refractivity (Wildman–Crippen MR) is 116 cm³/mol. The first kappa shape index (κ1) is 24.4. The second-order valence-corrected chi connectivity index (χ2v) is 6.86. The van der Waals surface area contributed by atoms with Gasteiger partial charge in [0.05, 0.1) is 19.0 Å². The molecule has 0 aliphatic carbocycles. The van der Waals surface area contributed by atoms with E-state index >= 15 is 0 Å². The Hall–Kier alpha value is -1.67. The van der Waals surface area contributed by atoms with E-state index in [2.05, 4.69) is 20.6 Å². The van der Waals surface area contributed by atoms with Crippen molar-refractivity contribution in [3.8, 4) is 5.75 Å². The van der Waals surface area contributed by atoms with Gasteiger partial charge in [0.25, 0.3) is 0 Å². The average molecular weight is 451 g/mol. The maximum Gasteiger partial charge on any atom is 0.242 e. The Kier molecular flexibility index (Phi) is 9.36. The highest BCUT2D eigenvalue weighted by Crippen LogP contribution is 2.33. The average Bonchev–Trinajstić information content (AvgIpc) is 3.25. The minimum atomic E-state index is -0.418. The van der Waals surface area contributed by atoms with Crippen LogP contribution in [-0.4, -0.2) is 49.0 Å². The normalized spacial score (nSPS) is 16.7. The van der Waals surface area contributed by atoms with Crippen molar-refractivity contribution in [2.45, 2.75) is 18.5 Å². The molecule has 1 amide bonds. The molecule has 0 spiro atoms. The van der Waals surface area contributed by atoms with E-state index in [1.54, 1.807) is 25.0 Å². The maximum atomic E-state index is 12.7. The van der Waals surface area contributed by atoms with Crippen LogP contribution in [-0.2, 0) is 11.8 Å². The van der Waals surface area contributed by atoms with E-state index in [9.17, 15) is 4.79 Å². The van der Waals surface area contributed by atoms with Gasteiger partial charge in [-0.1, -0.05) is 11.6 Å². The predicted octanol–water partition coefficient (Wildman–Crippen LogP) is 2.58. The van der Waals surface area contributed by atoms with Gasteiger partial charge < -0.3 is 20.3 Å². The number of likely N-dealkylation sites (N-methyl/N-ethyl adjacent to an activating group) is 1. The number of nitrogens with one attached hydrogen (secondary N) is 2. The molecule has 2 unspecified atom stereocenters. The molecule has 2 atom stereocenters. The Morgan fingerprint density at radius 2 is 2.14 bits per heavy atom. The van der Waals surface area contributed by atoms with Gasteiger partial charge in [-0.15, -0.1) is 24.8 Å². The molecular formula is C18H26Cl3N5O2. The van der Waals surface area contributed by atoms with Crippen molar-refractivity contribution >= 4 is 48.0 Å². The monoisotopic (exact) mass is 449 g/mol. The first-order valence-corrected chi connectivity index (χ1v) is 8.94. The number of nitrogens with zero attached hydrogens (tertiary/aromatic N) is 3. The molecule has 0 radical (unpaired) electrons. The molecule has 1 aliphatic rings. The Balaban J connectivity index is 0.00000196. The van der Waals surface area contributed by atoms with Crippen LogP contribution in [0.15, 0.2) is 30.6 Å². The van der Waals surface area contributed by atoms with Crippen molar-refractivity contribution in [2.24, 2.45) is 7.05 Å². The summed E-state index contributed by atoms with van der Waals surface area (Å²) in [5.41, 5.74) is 1.80. The number of hydrogen-bond donors (Lipinski definition) is 2. The van der Waals surface area contributed by atoms with Gasteiger partial charge in [-0.25, -0.2) is 0 Å². The van der Waals surface area contributed by atoms with Crippen LogP contribution in [0.4, 0.5) is 5.69 Å².